The average molecular weight is 336 g/mol. The Bertz CT molecular complexity index is 793. The van der Waals surface area contributed by atoms with Gasteiger partial charge in [0.15, 0.2) is 0 Å². The third-order valence-corrected chi connectivity index (χ3v) is 6.28. The van der Waals surface area contributed by atoms with Gasteiger partial charge in [-0.05, 0) is 31.5 Å². The Morgan fingerprint density at radius 3 is 2.50 bits per heavy atom. The summed E-state index contributed by atoms with van der Waals surface area (Å²) in [5.41, 5.74) is 0.785. The molecule has 22 heavy (non-hydrogen) atoms. The Balaban J connectivity index is 1.79. The molecule has 1 aliphatic carbocycles. The minimum atomic E-state index is -3.51. The van der Waals surface area contributed by atoms with Crippen LogP contribution in [0.4, 0.5) is 0 Å². The Hall–Kier alpha value is -1.70. The van der Waals surface area contributed by atoms with Gasteiger partial charge in [0, 0.05) is 5.38 Å². The van der Waals surface area contributed by atoms with Crippen molar-refractivity contribution in [1.82, 2.24) is 10.0 Å². The second-order valence-corrected chi connectivity index (χ2v) is 8.05. The van der Waals surface area contributed by atoms with Gasteiger partial charge in [0.2, 0.25) is 10.0 Å². The summed E-state index contributed by atoms with van der Waals surface area (Å²) in [6.45, 7) is 0. The average Bonchev–Trinajstić information content (AvgIpc) is 3.13. The summed E-state index contributed by atoms with van der Waals surface area (Å²) in [5, 5.41) is 4.51. The molecule has 7 heteroatoms. The fourth-order valence-electron chi connectivity index (χ4n) is 2.34. The second kappa shape index (κ2) is 5.49. The SMILES string of the molecule is CNS(=O)(=O)c1csc(C(=O)NC2(c3ccccc3)CC2)c1. The third kappa shape index (κ3) is 2.79. The Labute approximate surface area is 133 Å². The fraction of sp³-hybridized carbons (Fsp3) is 0.267. The van der Waals surface area contributed by atoms with E-state index in [1.807, 2.05) is 30.3 Å². The molecule has 2 aromatic rings. The zero-order valence-corrected chi connectivity index (χ0v) is 13.6. The van der Waals surface area contributed by atoms with Crippen molar-refractivity contribution in [2.45, 2.75) is 23.3 Å². The summed E-state index contributed by atoms with van der Waals surface area (Å²) in [5.74, 6) is -0.232. The van der Waals surface area contributed by atoms with Crippen LogP contribution in [0.3, 0.4) is 0 Å². The van der Waals surface area contributed by atoms with E-state index in [-0.39, 0.29) is 16.3 Å². The van der Waals surface area contributed by atoms with Crippen LogP contribution in [0.15, 0.2) is 46.7 Å². The van der Waals surface area contributed by atoms with Crippen LogP contribution in [-0.4, -0.2) is 21.4 Å². The van der Waals surface area contributed by atoms with E-state index < -0.39 is 10.0 Å². The third-order valence-electron chi connectivity index (χ3n) is 3.81. The van der Waals surface area contributed by atoms with Gasteiger partial charge in [0.05, 0.1) is 15.3 Å². The number of carbonyl (C=O) groups excluding carboxylic acids is 1. The molecule has 0 unspecified atom stereocenters. The number of sulfonamides is 1. The zero-order valence-electron chi connectivity index (χ0n) is 12.0. The van der Waals surface area contributed by atoms with Crippen molar-refractivity contribution in [2.24, 2.45) is 0 Å². The first-order valence-corrected chi connectivity index (χ1v) is 9.23. The van der Waals surface area contributed by atoms with E-state index in [0.717, 1.165) is 29.7 Å². The number of benzene rings is 1. The lowest BCUT2D eigenvalue weighted by Gasteiger charge is -2.17. The minimum absolute atomic E-state index is 0.120. The molecule has 0 bridgehead atoms. The van der Waals surface area contributed by atoms with Crippen LogP contribution in [0.5, 0.6) is 0 Å². The molecule has 0 saturated heterocycles. The van der Waals surface area contributed by atoms with E-state index in [2.05, 4.69) is 10.0 Å². The molecular formula is C15H16N2O3S2. The predicted molar refractivity (Wildman–Crippen MR) is 85.4 cm³/mol. The first kappa shape index (κ1) is 15.2. The molecule has 1 amide bonds. The fourth-order valence-corrected chi connectivity index (χ4v) is 4.24. The van der Waals surface area contributed by atoms with Crippen LogP contribution in [0.25, 0.3) is 0 Å². The molecule has 0 radical (unpaired) electrons. The lowest BCUT2D eigenvalue weighted by molar-refractivity contribution is 0.0935. The van der Waals surface area contributed by atoms with Gasteiger partial charge in [-0.1, -0.05) is 30.3 Å². The monoisotopic (exact) mass is 336 g/mol. The normalized spacial score (nSPS) is 16.2. The van der Waals surface area contributed by atoms with Crippen molar-refractivity contribution >= 4 is 27.3 Å². The molecule has 1 saturated carbocycles. The molecule has 1 aromatic heterocycles. The summed E-state index contributed by atoms with van der Waals surface area (Å²) in [4.78, 5) is 12.9. The summed E-state index contributed by atoms with van der Waals surface area (Å²) in [6, 6.07) is 11.2. The number of rotatable bonds is 5. The van der Waals surface area contributed by atoms with Crippen molar-refractivity contribution in [1.29, 1.82) is 0 Å². The summed E-state index contributed by atoms with van der Waals surface area (Å²) in [6.07, 6.45) is 1.80. The molecule has 2 N–H and O–H groups in total. The van der Waals surface area contributed by atoms with Crippen molar-refractivity contribution in [3.8, 4) is 0 Å². The number of hydrogen-bond acceptors (Lipinski definition) is 4. The Morgan fingerprint density at radius 2 is 1.91 bits per heavy atom. The molecule has 1 fully saturated rings. The van der Waals surface area contributed by atoms with Gasteiger partial charge in [0.1, 0.15) is 0 Å². The molecule has 3 rings (SSSR count). The molecule has 5 nitrogen and oxygen atoms in total. The quantitative estimate of drug-likeness (QED) is 0.878. The van der Waals surface area contributed by atoms with Crippen molar-refractivity contribution in [2.75, 3.05) is 7.05 Å². The van der Waals surface area contributed by atoms with Crippen LogP contribution < -0.4 is 10.0 Å². The van der Waals surface area contributed by atoms with Crippen LogP contribution in [-0.2, 0) is 15.6 Å². The van der Waals surface area contributed by atoms with Crippen LogP contribution >= 0.6 is 11.3 Å². The number of thiophene rings is 1. The van der Waals surface area contributed by atoms with Gasteiger partial charge in [-0.3, -0.25) is 4.79 Å². The zero-order chi connectivity index (χ0) is 15.8. The molecule has 0 aliphatic heterocycles. The Morgan fingerprint density at radius 1 is 1.23 bits per heavy atom. The summed E-state index contributed by atoms with van der Waals surface area (Å²) >= 11 is 1.13. The van der Waals surface area contributed by atoms with Crippen molar-refractivity contribution in [3.05, 3.63) is 52.2 Å². The van der Waals surface area contributed by atoms with Crippen molar-refractivity contribution < 1.29 is 13.2 Å². The van der Waals surface area contributed by atoms with Gasteiger partial charge in [-0.15, -0.1) is 11.3 Å². The highest BCUT2D eigenvalue weighted by molar-refractivity contribution is 7.89. The number of carbonyl (C=O) groups is 1. The standard InChI is InChI=1S/C15H16N2O3S2/c1-16-22(19,20)12-9-13(21-10-12)14(18)17-15(7-8-15)11-5-3-2-4-6-11/h2-6,9-10,16H,7-8H2,1H3,(H,17,18). The van der Waals surface area contributed by atoms with Crippen LogP contribution in [0.1, 0.15) is 28.1 Å². The van der Waals surface area contributed by atoms with E-state index in [0.29, 0.717) is 4.88 Å². The first-order chi connectivity index (χ1) is 10.5. The second-order valence-electron chi connectivity index (χ2n) is 5.26. The topological polar surface area (TPSA) is 75.3 Å². The highest BCUT2D eigenvalue weighted by Crippen LogP contribution is 2.45. The molecule has 1 aromatic carbocycles. The lowest BCUT2D eigenvalue weighted by atomic mass is 10.1. The molecule has 1 heterocycles. The van der Waals surface area contributed by atoms with E-state index in [1.54, 1.807) is 0 Å². The van der Waals surface area contributed by atoms with E-state index >= 15 is 0 Å². The highest BCUT2D eigenvalue weighted by Gasteiger charge is 2.45. The number of amides is 1. The molecule has 0 spiro atoms. The van der Waals surface area contributed by atoms with Gasteiger partial charge < -0.3 is 5.32 Å². The van der Waals surface area contributed by atoms with Gasteiger partial charge in [-0.25, -0.2) is 13.1 Å². The molecule has 1 aliphatic rings. The lowest BCUT2D eigenvalue weighted by Crippen LogP contribution is -2.34. The number of nitrogens with one attached hydrogen (secondary N) is 2. The van der Waals surface area contributed by atoms with Crippen LogP contribution in [0, 0.1) is 0 Å². The molecule has 0 atom stereocenters. The number of hydrogen-bond donors (Lipinski definition) is 2. The molecule has 116 valence electrons. The first-order valence-electron chi connectivity index (χ1n) is 6.87. The Kier molecular flexibility index (Phi) is 3.80. The predicted octanol–water partition coefficient (Wildman–Crippen LogP) is 2.08. The smallest absolute Gasteiger partial charge is 0.262 e. The highest BCUT2D eigenvalue weighted by atomic mass is 32.2. The van der Waals surface area contributed by atoms with Gasteiger partial charge in [0.25, 0.3) is 5.91 Å². The maximum absolute atomic E-state index is 12.4. The van der Waals surface area contributed by atoms with Crippen molar-refractivity contribution in [3.63, 3.8) is 0 Å². The maximum atomic E-state index is 12.4. The van der Waals surface area contributed by atoms with E-state index in [9.17, 15) is 13.2 Å². The maximum Gasteiger partial charge on any atom is 0.262 e. The molecular weight excluding hydrogens is 320 g/mol. The van der Waals surface area contributed by atoms with Gasteiger partial charge in [-0.2, -0.15) is 0 Å². The van der Waals surface area contributed by atoms with Gasteiger partial charge >= 0.3 is 0 Å². The van der Waals surface area contributed by atoms with Crippen LogP contribution in [0.2, 0.25) is 0 Å². The summed E-state index contributed by atoms with van der Waals surface area (Å²) < 4.78 is 25.7. The van der Waals surface area contributed by atoms with E-state index in [1.165, 1.54) is 18.5 Å². The minimum Gasteiger partial charge on any atom is -0.342 e. The van der Waals surface area contributed by atoms with E-state index in [4.69, 9.17) is 0 Å². The largest absolute Gasteiger partial charge is 0.342 e. The summed E-state index contributed by atoms with van der Waals surface area (Å²) in [7, 11) is -2.16.